The van der Waals surface area contributed by atoms with Crippen LogP contribution in [-0.4, -0.2) is 60.1 Å². The van der Waals surface area contributed by atoms with Gasteiger partial charge in [0.1, 0.15) is 0 Å². The minimum Gasteiger partial charge on any atom is -0.379 e. The van der Waals surface area contributed by atoms with Crippen LogP contribution in [-0.2, 0) is 17.7 Å². The van der Waals surface area contributed by atoms with Crippen LogP contribution in [0, 0.1) is 13.8 Å². The van der Waals surface area contributed by atoms with Gasteiger partial charge in [-0.25, -0.2) is 0 Å². The van der Waals surface area contributed by atoms with Gasteiger partial charge in [0, 0.05) is 37.9 Å². The number of aromatic nitrogens is 2. The third kappa shape index (κ3) is 4.53. The Hall–Kier alpha value is -0.910. The van der Waals surface area contributed by atoms with Crippen LogP contribution in [0.25, 0.3) is 0 Å². The summed E-state index contributed by atoms with van der Waals surface area (Å²) in [6.07, 6.45) is 1.06. The summed E-state index contributed by atoms with van der Waals surface area (Å²) in [5.41, 5.74) is 3.90. The van der Waals surface area contributed by atoms with Gasteiger partial charge in [-0.3, -0.25) is 9.58 Å². The van der Waals surface area contributed by atoms with E-state index in [0.29, 0.717) is 6.04 Å². The van der Waals surface area contributed by atoms with Crippen molar-refractivity contribution < 1.29 is 4.74 Å². The van der Waals surface area contributed by atoms with Crippen LogP contribution < -0.4 is 5.32 Å². The number of ether oxygens (including phenoxy) is 1. The molecule has 0 radical (unpaired) electrons. The lowest BCUT2D eigenvalue weighted by molar-refractivity contribution is 0.0344. The average molecular weight is 294 g/mol. The lowest BCUT2D eigenvalue weighted by Gasteiger charge is -2.29. The predicted molar refractivity (Wildman–Crippen MR) is 85.8 cm³/mol. The summed E-state index contributed by atoms with van der Waals surface area (Å²) in [6.45, 7) is 15.7. The van der Waals surface area contributed by atoms with Crippen molar-refractivity contribution in [3.63, 3.8) is 0 Å². The topological polar surface area (TPSA) is 42.3 Å². The molecule has 0 spiro atoms. The molecule has 0 aliphatic carbocycles. The zero-order valence-corrected chi connectivity index (χ0v) is 14.0. The van der Waals surface area contributed by atoms with Crippen LogP contribution in [0.2, 0.25) is 0 Å². The highest BCUT2D eigenvalue weighted by Gasteiger charge is 2.14. The smallest absolute Gasteiger partial charge is 0.0628 e. The first-order valence-corrected chi connectivity index (χ1v) is 8.18. The molecule has 1 N–H and O–H groups in total. The van der Waals surface area contributed by atoms with Crippen LogP contribution in [0.15, 0.2) is 0 Å². The van der Waals surface area contributed by atoms with Gasteiger partial charge in [0.2, 0.25) is 0 Å². The zero-order valence-electron chi connectivity index (χ0n) is 14.0. The maximum atomic E-state index is 5.39. The first-order chi connectivity index (χ1) is 10.1. The van der Waals surface area contributed by atoms with E-state index >= 15 is 0 Å². The van der Waals surface area contributed by atoms with E-state index in [9.17, 15) is 0 Å². The summed E-state index contributed by atoms with van der Waals surface area (Å²) in [4.78, 5) is 2.48. The van der Waals surface area contributed by atoms with Crippen molar-refractivity contribution in [1.82, 2.24) is 20.0 Å². The SMILES string of the molecule is CCn1nc(C)c(CCNC(C)CN2CCOCC2)c1C. The first-order valence-electron chi connectivity index (χ1n) is 8.18. The van der Waals surface area contributed by atoms with Crippen molar-refractivity contribution in [3.8, 4) is 0 Å². The molecule has 0 saturated carbocycles. The van der Waals surface area contributed by atoms with Gasteiger partial charge in [0.25, 0.3) is 0 Å². The summed E-state index contributed by atoms with van der Waals surface area (Å²) in [7, 11) is 0. The molecule has 1 fully saturated rings. The Labute approximate surface area is 128 Å². The summed E-state index contributed by atoms with van der Waals surface area (Å²) in [5.74, 6) is 0. The van der Waals surface area contributed by atoms with Crippen molar-refractivity contribution in [2.45, 2.75) is 46.7 Å². The van der Waals surface area contributed by atoms with E-state index in [2.05, 4.69) is 47.7 Å². The molecule has 0 bridgehead atoms. The van der Waals surface area contributed by atoms with Crippen molar-refractivity contribution in [3.05, 3.63) is 17.0 Å². The number of morpholine rings is 1. The fourth-order valence-corrected chi connectivity index (χ4v) is 3.08. The molecule has 2 heterocycles. The third-order valence-electron chi connectivity index (χ3n) is 4.33. The molecule has 1 atom stereocenters. The summed E-state index contributed by atoms with van der Waals surface area (Å²) < 4.78 is 7.49. The van der Waals surface area contributed by atoms with Crippen LogP contribution in [0.5, 0.6) is 0 Å². The Morgan fingerprint density at radius 2 is 2.00 bits per heavy atom. The second-order valence-electron chi connectivity index (χ2n) is 5.98. The molecule has 0 aromatic carbocycles. The molecule has 1 aromatic heterocycles. The Bertz CT molecular complexity index is 438. The first kappa shape index (κ1) is 16.5. The lowest BCUT2D eigenvalue weighted by atomic mass is 10.1. The van der Waals surface area contributed by atoms with Gasteiger partial charge in [-0.05, 0) is 46.2 Å². The summed E-state index contributed by atoms with van der Waals surface area (Å²) >= 11 is 0. The molecular formula is C16H30N4O. The monoisotopic (exact) mass is 294 g/mol. The number of hydrogen-bond donors (Lipinski definition) is 1. The minimum absolute atomic E-state index is 0.518. The number of rotatable bonds is 7. The molecule has 1 unspecified atom stereocenters. The molecule has 1 aliphatic heterocycles. The fraction of sp³-hybridized carbons (Fsp3) is 0.812. The van der Waals surface area contributed by atoms with E-state index in [1.54, 1.807) is 0 Å². The highest BCUT2D eigenvalue weighted by molar-refractivity contribution is 5.24. The second-order valence-corrected chi connectivity index (χ2v) is 5.98. The van der Waals surface area contributed by atoms with Gasteiger partial charge in [-0.2, -0.15) is 5.10 Å². The molecule has 1 aromatic rings. The summed E-state index contributed by atoms with van der Waals surface area (Å²) in [5, 5.41) is 8.23. The number of hydrogen-bond acceptors (Lipinski definition) is 4. The van der Waals surface area contributed by atoms with Gasteiger partial charge in [-0.15, -0.1) is 0 Å². The molecule has 21 heavy (non-hydrogen) atoms. The number of nitrogens with zero attached hydrogens (tertiary/aromatic N) is 3. The maximum Gasteiger partial charge on any atom is 0.0628 e. The quantitative estimate of drug-likeness (QED) is 0.825. The molecule has 1 aliphatic rings. The molecule has 5 nitrogen and oxygen atoms in total. The van der Waals surface area contributed by atoms with E-state index in [4.69, 9.17) is 4.74 Å². The van der Waals surface area contributed by atoms with E-state index in [-0.39, 0.29) is 0 Å². The lowest BCUT2D eigenvalue weighted by Crippen LogP contribution is -2.44. The van der Waals surface area contributed by atoms with Crippen LogP contribution in [0.1, 0.15) is 30.8 Å². The Morgan fingerprint density at radius 1 is 1.29 bits per heavy atom. The molecule has 120 valence electrons. The highest BCUT2D eigenvalue weighted by atomic mass is 16.5. The van der Waals surface area contributed by atoms with Gasteiger partial charge < -0.3 is 10.1 Å². The Morgan fingerprint density at radius 3 is 2.62 bits per heavy atom. The predicted octanol–water partition coefficient (Wildman–Crippen LogP) is 1.37. The molecule has 1 saturated heterocycles. The van der Waals surface area contributed by atoms with Gasteiger partial charge in [-0.1, -0.05) is 0 Å². The van der Waals surface area contributed by atoms with Gasteiger partial charge >= 0.3 is 0 Å². The van der Waals surface area contributed by atoms with Crippen LogP contribution in [0.3, 0.4) is 0 Å². The van der Waals surface area contributed by atoms with Crippen molar-refractivity contribution in [1.29, 1.82) is 0 Å². The normalized spacial score (nSPS) is 18.1. The van der Waals surface area contributed by atoms with Crippen molar-refractivity contribution in [2.75, 3.05) is 39.4 Å². The molecule has 5 heteroatoms. The fourth-order valence-electron chi connectivity index (χ4n) is 3.08. The van der Waals surface area contributed by atoms with Crippen LogP contribution in [0.4, 0.5) is 0 Å². The average Bonchev–Trinajstić information content (AvgIpc) is 2.75. The van der Waals surface area contributed by atoms with Crippen molar-refractivity contribution in [2.24, 2.45) is 0 Å². The standard InChI is InChI=1S/C16H30N4O/c1-5-20-15(4)16(14(3)18-20)6-7-17-13(2)12-19-8-10-21-11-9-19/h13,17H,5-12H2,1-4H3. The van der Waals surface area contributed by atoms with E-state index in [1.165, 1.54) is 17.0 Å². The summed E-state index contributed by atoms with van der Waals surface area (Å²) in [6, 6.07) is 0.518. The van der Waals surface area contributed by atoms with Crippen molar-refractivity contribution >= 4 is 0 Å². The second kappa shape index (κ2) is 7.92. The highest BCUT2D eigenvalue weighted by Crippen LogP contribution is 2.13. The number of nitrogens with one attached hydrogen (secondary N) is 1. The molecule has 2 rings (SSSR count). The Balaban J connectivity index is 1.74. The Kier molecular flexibility index (Phi) is 6.21. The zero-order chi connectivity index (χ0) is 15.2. The number of aryl methyl sites for hydroxylation is 2. The largest absolute Gasteiger partial charge is 0.379 e. The minimum atomic E-state index is 0.518. The van der Waals surface area contributed by atoms with E-state index in [1.807, 2.05) is 0 Å². The molecule has 0 amide bonds. The van der Waals surface area contributed by atoms with Gasteiger partial charge in [0.15, 0.2) is 0 Å². The molecular weight excluding hydrogens is 264 g/mol. The van der Waals surface area contributed by atoms with E-state index < -0.39 is 0 Å². The third-order valence-corrected chi connectivity index (χ3v) is 4.33. The van der Waals surface area contributed by atoms with Gasteiger partial charge in [0.05, 0.1) is 18.9 Å². The maximum absolute atomic E-state index is 5.39. The van der Waals surface area contributed by atoms with E-state index in [0.717, 1.165) is 52.4 Å². The van der Waals surface area contributed by atoms with Crippen LogP contribution >= 0.6 is 0 Å².